The van der Waals surface area contributed by atoms with Crippen LogP contribution in [0.25, 0.3) is 32.9 Å². The molecule has 0 saturated carbocycles. The molecule has 2 bridgehead atoms. The van der Waals surface area contributed by atoms with Gasteiger partial charge < -0.3 is 34.2 Å². The Morgan fingerprint density at radius 1 is 1.07 bits per heavy atom. The quantitative estimate of drug-likeness (QED) is 0.166. The highest BCUT2D eigenvalue weighted by atomic mass is 19.1. The first-order valence-electron chi connectivity index (χ1n) is 20.7. The lowest BCUT2D eigenvalue weighted by Crippen LogP contribution is -2.51. The highest BCUT2D eigenvalue weighted by Crippen LogP contribution is 2.44. The van der Waals surface area contributed by atoms with E-state index in [0.29, 0.717) is 54.5 Å². The van der Waals surface area contributed by atoms with Gasteiger partial charge in [-0.3, -0.25) is 14.7 Å². The fourth-order valence-electron chi connectivity index (χ4n) is 10.4. The maximum absolute atomic E-state index is 17.1. The number of pyridine rings is 1. The first-order chi connectivity index (χ1) is 28.7. The number of phenolic OH excluding ortho intramolecular Hbond substituents is 1. The Morgan fingerprint density at radius 3 is 2.71 bits per heavy atom. The summed E-state index contributed by atoms with van der Waals surface area (Å²) < 4.78 is 50.3. The number of likely N-dealkylation sites (tertiary alicyclic amines) is 1. The maximum Gasteiger partial charge on any atom is 0.319 e. The number of piperazine rings is 1. The van der Waals surface area contributed by atoms with Crippen LogP contribution in [0, 0.1) is 24.0 Å². The number of anilines is 1. The van der Waals surface area contributed by atoms with Crippen molar-refractivity contribution in [3.05, 3.63) is 59.5 Å². The molecule has 5 atom stereocenters. The number of hydrogen-bond acceptors (Lipinski definition) is 12. The molecule has 5 saturated heterocycles. The minimum absolute atomic E-state index is 0.0122. The molecule has 2 N–H and O–H groups in total. The van der Waals surface area contributed by atoms with E-state index in [9.17, 15) is 14.3 Å². The number of rotatable bonds is 10. The largest absolute Gasteiger partial charge is 0.508 e. The van der Waals surface area contributed by atoms with E-state index in [1.54, 1.807) is 12.3 Å². The highest BCUT2D eigenvalue weighted by Gasteiger charge is 2.50. The van der Waals surface area contributed by atoms with Gasteiger partial charge >= 0.3 is 6.01 Å². The Morgan fingerprint density at radius 2 is 1.92 bits per heavy atom. The van der Waals surface area contributed by atoms with E-state index in [0.717, 1.165) is 64.5 Å². The first kappa shape index (κ1) is 37.7. The van der Waals surface area contributed by atoms with Crippen LogP contribution < -0.4 is 19.7 Å². The van der Waals surface area contributed by atoms with Crippen LogP contribution in [0.1, 0.15) is 69.6 Å². The molecule has 5 aromatic rings. The number of carbonyl (C=O) groups is 1. The van der Waals surface area contributed by atoms with Gasteiger partial charge in [0.1, 0.15) is 47.6 Å². The predicted molar refractivity (Wildman–Crippen MR) is 215 cm³/mol. The maximum atomic E-state index is 17.1. The molecule has 5 unspecified atom stereocenters. The van der Waals surface area contributed by atoms with E-state index in [1.807, 2.05) is 4.90 Å². The summed E-state index contributed by atoms with van der Waals surface area (Å²) in [5.41, 5.74) is -0.289. The molecule has 15 heteroatoms. The van der Waals surface area contributed by atoms with Crippen molar-refractivity contribution in [2.75, 3.05) is 44.3 Å². The molecule has 5 fully saturated rings. The smallest absolute Gasteiger partial charge is 0.319 e. The molecule has 2 aromatic carbocycles. The number of fused-ring (bicyclic) bond motifs is 5. The Labute approximate surface area is 340 Å². The number of phenols is 1. The summed E-state index contributed by atoms with van der Waals surface area (Å²) in [6.07, 6.45) is 15.2. The molecule has 1 amide bonds. The van der Waals surface area contributed by atoms with E-state index in [1.165, 1.54) is 24.3 Å². The van der Waals surface area contributed by atoms with Crippen LogP contribution in [0.2, 0.25) is 0 Å². The third kappa shape index (κ3) is 6.76. The normalized spacial score (nSPS) is 25.3. The van der Waals surface area contributed by atoms with Gasteiger partial charge in [0, 0.05) is 67.0 Å². The number of halogens is 2. The van der Waals surface area contributed by atoms with Crippen molar-refractivity contribution in [2.24, 2.45) is 0 Å². The number of nitrogens with zero attached hydrogens (tertiary/aromatic N) is 7. The van der Waals surface area contributed by atoms with Crippen LogP contribution >= 0.6 is 0 Å². The summed E-state index contributed by atoms with van der Waals surface area (Å²) >= 11 is 0. The number of aromatic hydroxyl groups is 1. The fourth-order valence-corrected chi connectivity index (χ4v) is 10.4. The van der Waals surface area contributed by atoms with Gasteiger partial charge in [-0.1, -0.05) is 12.0 Å². The predicted octanol–water partition coefficient (Wildman–Crippen LogP) is 5.75. The lowest BCUT2D eigenvalue weighted by atomic mass is 9.95. The van der Waals surface area contributed by atoms with Gasteiger partial charge in [-0.05, 0) is 93.6 Å². The van der Waals surface area contributed by atoms with Gasteiger partial charge in [-0.15, -0.1) is 6.42 Å². The summed E-state index contributed by atoms with van der Waals surface area (Å²) in [4.78, 5) is 33.5. The van der Waals surface area contributed by atoms with Crippen molar-refractivity contribution >= 4 is 33.4 Å². The second kappa shape index (κ2) is 14.9. The average molecular weight is 805 g/mol. The zero-order valence-electron chi connectivity index (χ0n) is 32.9. The lowest BCUT2D eigenvalue weighted by Gasteiger charge is -2.35. The second-order valence-corrected chi connectivity index (χ2v) is 16.9. The topological polar surface area (TPSA) is 142 Å². The number of amides is 1. The summed E-state index contributed by atoms with van der Waals surface area (Å²) in [5, 5.41) is 19.6. The van der Waals surface area contributed by atoms with Crippen molar-refractivity contribution in [1.29, 1.82) is 0 Å². The van der Waals surface area contributed by atoms with Crippen LogP contribution in [0.5, 0.6) is 17.6 Å². The minimum atomic E-state index is -0.752. The number of nitrogens with one attached hydrogen (secondary N) is 1. The van der Waals surface area contributed by atoms with Crippen molar-refractivity contribution < 1.29 is 32.7 Å². The second-order valence-electron chi connectivity index (χ2n) is 16.9. The van der Waals surface area contributed by atoms with E-state index in [4.69, 9.17) is 30.4 Å². The van der Waals surface area contributed by atoms with Crippen LogP contribution in [-0.4, -0.2) is 110 Å². The van der Waals surface area contributed by atoms with Gasteiger partial charge in [0.2, 0.25) is 5.91 Å². The SMILES string of the molecule is C#Cc1c(F)ccc2cc(O)cc(-c3ncc4c(N5CC6CCC(C5)N6)nc(OCC56CCCN5C(COc5cc(CC(=O)N7CCCC7C)on5)CC6)nc4c3F)c12. The molecule has 0 spiro atoms. The molecule has 3 aromatic heterocycles. The Hall–Kier alpha value is -5.59. The standard InChI is InChI=1S/C44H46F2N8O5/c1-3-32-35(45)10-7-26-16-30(55)17-33(38(26)32)40-39(46)41-34(20-47-40)42(52-21-27-8-9-28(22-52)48-27)50-43(49-41)58-24-44-12-5-15-54(44)29(11-13-44)23-57-36-18-31(59-51-36)19-37(56)53-14-4-6-25(53)2/h1,7,10,16-18,20,25,27-29,48,55H,4-6,8-9,11-15,19,21-24H2,2H3. The molecule has 5 aliphatic heterocycles. The van der Waals surface area contributed by atoms with Crippen LogP contribution in [0.3, 0.4) is 0 Å². The van der Waals surface area contributed by atoms with Crippen LogP contribution in [0.4, 0.5) is 14.6 Å². The fraction of sp³-hybridized carbons (Fsp3) is 0.477. The molecule has 5 aliphatic rings. The zero-order chi connectivity index (χ0) is 40.4. The molecule has 8 heterocycles. The van der Waals surface area contributed by atoms with E-state index in [2.05, 4.69) is 38.1 Å². The lowest BCUT2D eigenvalue weighted by molar-refractivity contribution is -0.131. The zero-order valence-corrected chi connectivity index (χ0v) is 32.9. The molecular weight excluding hydrogens is 759 g/mol. The minimum Gasteiger partial charge on any atom is -0.508 e. The van der Waals surface area contributed by atoms with Gasteiger partial charge in [-0.25, -0.2) is 8.78 Å². The molecular formula is C44H46F2N8O5. The molecule has 10 rings (SSSR count). The van der Waals surface area contributed by atoms with E-state index >= 15 is 4.39 Å². The van der Waals surface area contributed by atoms with Gasteiger partial charge in [0.05, 0.1) is 22.9 Å². The van der Waals surface area contributed by atoms with E-state index < -0.39 is 11.6 Å². The van der Waals surface area contributed by atoms with Gasteiger partial charge in [0.15, 0.2) is 5.82 Å². The van der Waals surface area contributed by atoms with Crippen LogP contribution in [-0.2, 0) is 11.2 Å². The summed E-state index contributed by atoms with van der Waals surface area (Å²) in [6, 6.07) is 8.21. The number of ether oxygens (including phenoxy) is 2. The highest BCUT2D eigenvalue weighted by molar-refractivity contribution is 6.03. The number of terminal acetylenes is 1. The Bertz CT molecular complexity index is 2500. The number of benzene rings is 2. The van der Waals surface area contributed by atoms with E-state index in [-0.39, 0.29) is 81.5 Å². The molecule has 13 nitrogen and oxygen atoms in total. The van der Waals surface area contributed by atoms with Crippen LogP contribution in [0.15, 0.2) is 41.1 Å². The van der Waals surface area contributed by atoms with Crippen molar-refractivity contribution in [3.63, 3.8) is 0 Å². The summed E-state index contributed by atoms with van der Waals surface area (Å²) in [5.74, 6) is 2.31. The average Bonchev–Trinajstić information content (AvgIpc) is 4.07. The number of hydrogen-bond donors (Lipinski definition) is 2. The number of carbonyl (C=O) groups excluding carboxylic acids is 1. The molecule has 0 radical (unpaired) electrons. The first-order valence-corrected chi connectivity index (χ1v) is 20.7. The third-order valence-corrected chi connectivity index (χ3v) is 13.3. The van der Waals surface area contributed by atoms with Crippen molar-refractivity contribution in [2.45, 2.75) is 94.4 Å². The Balaban J connectivity index is 0.919. The van der Waals surface area contributed by atoms with Gasteiger partial charge in [0.25, 0.3) is 5.88 Å². The summed E-state index contributed by atoms with van der Waals surface area (Å²) in [6.45, 7) is 5.80. The van der Waals surface area contributed by atoms with Gasteiger partial charge in [-0.2, -0.15) is 9.97 Å². The molecule has 59 heavy (non-hydrogen) atoms. The monoisotopic (exact) mass is 804 g/mol. The van der Waals surface area contributed by atoms with Crippen molar-refractivity contribution in [3.8, 4) is 41.2 Å². The molecule has 0 aliphatic carbocycles. The Kier molecular flexibility index (Phi) is 9.51. The van der Waals surface area contributed by atoms with Crippen molar-refractivity contribution in [1.82, 2.24) is 35.2 Å². The number of aromatic nitrogens is 4. The summed E-state index contributed by atoms with van der Waals surface area (Å²) in [7, 11) is 0. The third-order valence-electron chi connectivity index (χ3n) is 13.3. The molecule has 306 valence electrons.